The van der Waals surface area contributed by atoms with E-state index >= 15 is 0 Å². The highest BCUT2D eigenvalue weighted by atomic mass is 31.1. The average Bonchev–Trinajstić information content (AvgIpc) is 1.83. The van der Waals surface area contributed by atoms with Gasteiger partial charge in [0.15, 0.2) is 6.16 Å². The third kappa shape index (κ3) is 5.83. The summed E-state index contributed by atoms with van der Waals surface area (Å²) in [4.78, 5) is 8.20. The van der Waals surface area contributed by atoms with E-state index in [1.165, 1.54) is 0 Å². The molecule has 0 aromatic carbocycles. The highest BCUT2D eigenvalue weighted by molar-refractivity contribution is 7.37. The topological polar surface area (TPSA) is 63.3 Å². The maximum Gasteiger partial charge on any atom is 0.505 e. The molecular formula is C4H10FNO2P+. The zero-order valence-electron chi connectivity index (χ0n) is 4.96. The van der Waals surface area contributed by atoms with Crippen molar-refractivity contribution in [2.75, 3.05) is 12.7 Å². The number of hydrogen-bond acceptors (Lipinski definition) is 2. The Hall–Kier alpha value is -0.0500. The van der Waals surface area contributed by atoms with E-state index in [1.807, 2.05) is 0 Å². The van der Waals surface area contributed by atoms with Gasteiger partial charge in [0.2, 0.25) is 0 Å². The third-order valence-electron chi connectivity index (χ3n) is 0.889. The molecule has 3 nitrogen and oxygen atoms in total. The summed E-state index contributed by atoms with van der Waals surface area (Å²) >= 11 is 0. The smallest absolute Gasteiger partial charge is 0.328 e. The predicted molar refractivity (Wildman–Crippen MR) is 33.3 cm³/mol. The van der Waals surface area contributed by atoms with E-state index in [-0.39, 0.29) is 19.1 Å². The lowest BCUT2D eigenvalue weighted by Gasteiger charge is -1.95. The van der Waals surface area contributed by atoms with Crippen molar-refractivity contribution in [3.05, 3.63) is 0 Å². The summed E-state index contributed by atoms with van der Waals surface area (Å²) in [6.45, 7) is -0.0663. The molecule has 0 bridgehead atoms. The van der Waals surface area contributed by atoms with E-state index in [0.29, 0.717) is 0 Å². The minimum Gasteiger partial charge on any atom is -0.328 e. The molecule has 3 N–H and O–H groups in total. The van der Waals surface area contributed by atoms with Crippen LogP contribution in [0.4, 0.5) is 4.39 Å². The lowest BCUT2D eigenvalue weighted by molar-refractivity contribution is 0.331. The molecule has 0 saturated heterocycles. The van der Waals surface area contributed by atoms with Crippen molar-refractivity contribution >= 4 is 8.03 Å². The summed E-state index contributed by atoms with van der Waals surface area (Å²) in [7, 11) is -2.18. The molecule has 0 fully saturated rings. The zero-order chi connectivity index (χ0) is 7.28. The maximum atomic E-state index is 12.1. The summed E-state index contributed by atoms with van der Waals surface area (Å²) in [6, 6.07) is 0. The van der Waals surface area contributed by atoms with Gasteiger partial charge in [0, 0.05) is 13.0 Å². The molecule has 0 aliphatic heterocycles. The molecular weight excluding hydrogens is 144 g/mol. The van der Waals surface area contributed by atoms with Gasteiger partial charge in [-0.3, -0.25) is 0 Å². The molecule has 0 radical (unpaired) electrons. The fourth-order valence-corrected chi connectivity index (χ4v) is 0.869. The summed E-state index contributed by atoms with van der Waals surface area (Å²) < 4.78 is 22.1. The van der Waals surface area contributed by atoms with E-state index < -0.39 is 14.2 Å². The first-order valence-corrected chi connectivity index (χ1v) is 4.04. The Morgan fingerprint density at radius 2 is 2.33 bits per heavy atom. The highest BCUT2D eigenvalue weighted by Gasteiger charge is 2.13. The monoisotopic (exact) mass is 154 g/mol. The van der Waals surface area contributed by atoms with Crippen molar-refractivity contribution in [2.45, 2.75) is 12.6 Å². The van der Waals surface area contributed by atoms with Gasteiger partial charge in [-0.15, -0.1) is 0 Å². The van der Waals surface area contributed by atoms with Crippen LogP contribution in [0.5, 0.6) is 0 Å². The van der Waals surface area contributed by atoms with Crippen molar-refractivity contribution < 1.29 is 13.8 Å². The molecule has 0 aromatic rings. The van der Waals surface area contributed by atoms with Crippen molar-refractivity contribution in [1.82, 2.24) is 0 Å². The van der Waals surface area contributed by atoms with E-state index in [2.05, 4.69) is 0 Å². The molecule has 1 unspecified atom stereocenters. The Kier molecular flexibility index (Phi) is 4.77. The number of halogens is 1. The van der Waals surface area contributed by atoms with E-state index in [9.17, 15) is 8.96 Å². The molecule has 0 heterocycles. The van der Waals surface area contributed by atoms with Gasteiger partial charge in [-0.25, -0.2) is 4.39 Å². The van der Waals surface area contributed by atoms with E-state index in [4.69, 9.17) is 10.6 Å². The number of hydrogen-bond donors (Lipinski definition) is 2. The average molecular weight is 154 g/mol. The first-order valence-electron chi connectivity index (χ1n) is 2.64. The largest absolute Gasteiger partial charge is 0.505 e. The SMILES string of the molecule is NC[C@@H](F)CC[P+](=O)O. The van der Waals surface area contributed by atoms with Crippen molar-refractivity contribution in [1.29, 1.82) is 0 Å². The van der Waals surface area contributed by atoms with Gasteiger partial charge >= 0.3 is 8.03 Å². The van der Waals surface area contributed by atoms with Gasteiger partial charge in [-0.1, -0.05) is 0 Å². The van der Waals surface area contributed by atoms with Crippen molar-refractivity contribution in [3.63, 3.8) is 0 Å². The molecule has 2 atom stereocenters. The second kappa shape index (κ2) is 4.79. The Bertz CT molecular complexity index is 101. The number of alkyl halides is 1. The van der Waals surface area contributed by atoms with Crippen LogP contribution in [0.25, 0.3) is 0 Å². The molecule has 9 heavy (non-hydrogen) atoms. The van der Waals surface area contributed by atoms with Gasteiger partial charge < -0.3 is 5.73 Å². The molecule has 0 rings (SSSR count). The lowest BCUT2D eigenvalue weighted by Crippen LogP contribution is -2.15. The van der Waals surface area contributed by atoms with Crippen LogP contribution >= 0.6 is 8.03 Å². The molecule has 0 saturated carbocycles. The fourth-order valence-electron chi connectivity index (χ4n) is 0.368. The van der Waals surface area contributed by atoms with Crippen LogP contribution in [-0.4, -0.2) is 23.8 Å². The molecule has 0 amide bonds. The molecule has 0 aromatic heterocycles. The standard InChI is InChI=1S/C4H9FNO2P/c5-4(3-6)1-2-9(7)8/h4H,1-3,6H2/p+1/t4-/m0/s1. The van der Waals surface area contributed by atoms with Crippen LogP contribution in [0, 0.1) is 0 Å². The van der Waals surface area contributed by atoms with Gasteiger partial charge in [-0.05, 0) is 4.57 Å². The Labute approximate surface area is 53.9 Å². The van der Waals surface area contributed by atoms with Gasteiger partial charge in [-0.2, -0.15) is 4.89 Å². The second-order valence-corrected chi connectivity index (χ2v) is 2.85. The Morgan fingerprint density at radius 3 is 2.67 bits per heavy atom. The van der Waals surface area contributed by atoms with Crippen LogP contribution < -0.4 is 5.73 Å². The summed E-state index contributed by atoms with van der Waals surface area (Å²) in [5.41, 5.74) is 4.91. The van der Waals surface area contributed by atoms with Crippen LogP contribution in [0.1, 0.15) is 6.42 Å². The minimum atomic E-state index is -2.18. The van der Waals surface area contributed by atoms with Crippen molar-refractivity contribution in [3.8, 4) is 0 Å². The molecule has 5 heteroatoms. The lowest BCUT2D eigenvalue weighted by atomic mass is 10.3. The Balaban J connectivity index is 3.16. The van der Waals surface area contributed by atoms with Gasteiger partial charge in [0.25, 0.3) is 0 Å². The third-order valence-corrected chi connectivity index (χ3v) is 1.53. The first kappa shape index (κ1) is 8.95. The second-order valence-electron chi connectivity index (χ2n) is 1.70. The van der Waals surface area contributed by atoms with Crippen molar-refractivity contribution in [2.24, 2.45) is 5.73 Å². The quantitative estimate of drug-likeness (QED) is 0.576. The number of rotatable bonds is 4. The molecule has 0 aliphatic carbocycles. The summed E-state index contributed by atoms with van der Waals surface area (Å²) in [5, 5.41) is 0. The fraction of sp³-hybridized carbons (Fsp3) is 1.00. The first-order chi connectivity index (χ1) is 4.16. The predicted octanol–water partition coefficient (Wildman–Crippen LogP) is 0.408. The summed E-state index contributed by atoms with van der Waals surface area (Å²) in [6.07, 6.45) is -1.04. The highest BCUT2D eigenvalue weighted by Crippen LogP contribution is 2.15. The van der Waals surface area contributed by atoms with Crippen LogP contribution in [0.3, 0.4) is 0 Å². The molecule has 0 spiro atoms. The molecule has 0 aliphatic rings. The summed E-state index contributed by atoms with van der Waals surface area (Å²) in [5.74, 6) is 0. The maximum absolute atomic E-state index is 12.1. The van der Waals surface area contributed by atoms with Crippen LogP contribution in [0.2, 0.25) is 0 Å². The van der Waals surface area contributed by atoms with Crippen LogP contribution in [-0.2, 0) is 4.57 Å². The normalized spacial score (nSPS) is 15.2. The molecule has 54 valence electrons. The van der Waals surface area contributed by atoms with E-state index in [0.717, 1.165) is 0 Å². The van der Waals surface area contributed by atoms with Crippen LogP contribution in [0.15, 0.2) is 0 Å². The van der Waals surface area contributed by atoms with Gasteiger partial charge in [0.05, 0.1) is 0 Å². The zero-order valence-corrected chi connectivity index (χ0v) is 5.85. The van der Waals surface area contributed by atoms with E-state index in [1.54, 1.807) is 0 Å². The Morgan fingerprint density at radius 1 is 1.78 bits per heavy atom. The minimum absolute atomic E-state index is 0.00764. The van der Waals surface area contributed by atoms with Gasteiger partial charge in [0.1, 0.15) is 6.17 Å². The number of nitrogens with two attached hydrogens (primary N) is 1.